The summed E-state index contributed by atoms with van der Waals surface area (Å²) in [5.41, 5.74) is 9.66. The van der Waals surface area contributed by atoms with Crippen molar-refractivity contribution in [1.82, 2.24) is 0 Å². The normalized spacial score (nSPS) is 12.4. The molecule has 2 heteroatoms. The van der Waals surface area contributed by atoms with Crippen LogP contribution in [0, 0.1) is 12.7 Å². The molecule has 0 saturated carbocycles. The van der Waals surface area contributed by atoms with Gasteiger partial charge < -0.3 is 5.73 Å². The standard InChI is InChI=1S/C17H20FN/c1-13-5-7-14(8-6-13)9-10-17(19)12-15-3-2-4-16(18)11-15/h2-8,11,17H,9-10,12,19H2,1H3. The molecule has 0 fully saturated rings. The summed E-state index contributed by atoms with van der Waals surface area (Å²) in [6.45, 7) is 2.08. The molecule has 1 nitrogen and oxygen atoms in total. The highest BCUT2D eigenvalue weighted by molar-refractivity contribution is 5.22. The van der Waals surface area contributed by atoms with Gasteiger partial charge in [-0.25, -0.2) is 4.39 Å². The van der Waals surface area contributed by atoms with Gasteiger partial charge in [-0.3, -0.25) is 0 Å². The zero-order valence-electron chi connectivity index (χ0n) is 11.3. The second-order valence-corrected chi connectivity index (χ2v) is 5.12. The molecule has 0 radical (unpaired) electrons. The van der Waals surface area contributed by atoms with Crippen molar-refractivity contribution in [2.75, 3.05) is 0 Å². The lowest BCUT2D eigenvalue weighted by atomic mass is 9.99. The molecule has 0 heterocycles. The van der Waals surface area contributed by atoms with Crippen LogP contribution in [0.4, 0.5) is 4.39 Å². The number of nitrogens with two attached hydrogens (primary N) is 1. The van der Waals surface area contributed by atoms with Gasteiger partial charge in [-0.05, 0) is 49.4 Å². The first-order valence-electron chi connectivity index (χ1n) is 6.69. The van der Waals surface area contributed by atoms with Crippen LogP contribution in [0.5, 0.6) is 0 Å². The lowest BCUT2D eigenvalue weighted by Crippen LogP contribution is -2.23. The Morgan fingerprint density at radius 2 is 1.79 bits per heavy atom. The summed E-state index contributed by atoms with van der Waals surface area (Å²) in [7, 11) is 0. The van der Waals surface area contributed by atoms with Crippen LogP contribution in [0.15, 0.2) is 48.5 Å². The topological polar surface area (TPSA) is 26.0 Å². The minimum absolute atomic E-state index is 0.0723. The lowest BCUT2D eigenvalue weighted by Gasteiger charge is -2.12. The molecule has 0 bridgehead atoms. The van der Waals surface area contributed by atoms with Crippen LogP contribution < -0.4 is 5.73 Å². The average Bonchev–Trinajstić information content (AvgIpc) is 2.38. The molecule has 19 heavy (non-hydrogen) atoms. The molecule has 1 unspecified atom stereocenters. The Kier molecular flexibility index (Phi) is 4.69. The quantitative estimate of drug-likeness (QED) is 0.869. The van der Waals surface area contributed by atoms with Crippen LogP contribution >= 0.6 is 0 Å². The van der Waals surface area contributed by atoms with Crippen LogP contribution in [-0.2, 0) is 12.8 Å². The van der Waals surface area contributed by atoms with E-state index in [1.165, 1.54) is 17.2 Å². The van der Waals surface area contributed by atoms with Gasteiger partial charge in [0.15, 0.2) is 0 Å². The summed E-state index contributed by atoms with van der Waals surface area (Å²) in [6.07, 6.45) is 2.61. The summed E-state index contributed by atoms with van der Waals surface area (Å²) in [5.74, 6) is -0.191. The summed E-state index contributed by atoms with van der Waals surface area (Å²) < 4.78 is 13.1. The summed E-state index contributed by atoms with van der Waals surface area (Å²) in [6, 6.07) is 15.3. The molecule has 2 aromatic rings. The van der Waals surface area contributed by atoms with E-state index in [0.29, 0.717) is 0 Å². The van der Waals surface area contributed by atoms with Gasteiger partial charge in [0.25, 0.3) is 0 Å². The van der Waals surface area contributed by atoms with Crippen molar-refractivity contribution in [3.63, 3.8) is 0 Å². The molecule has 0 spiro atoms. The molecule has 2 aromatic carbocycles. The zero-order valence-corrected chi connectivity index (χ0v) is 11.3. The molecule has 0 aliphatic heterocycles. The highest BCUT2D eigenvalue weighted by atomic mass is 19.1. The number of rotatable bonds is 5. The summed E-state index contributed by atoms with van der Waals surface area (Å²) in [4.78, 5) is 0. The Balaban J connectivity index is 1.84. The van der Waals surface area contributed by atoms with Gasteiger partial charge in [0.2, 0.25) is 0 Å². The summed E-state index contributed by atoms with van der Waals surface area (Å²) in [5, 5.41) is 0. The Bertz CT molecular complexity index is 519. The van der Waals surface area contributed by atoms with Gasteiger partial charge in [-0.1, -0.05) is 42.0 Å². The molecule has 0 aliphatic carbocycles. The molecule has 0 saturated heterocycles. The van der Waals surface area contributed by atoms with Crippen molar-refractivity contribution < 1.29 is 4.39 Å². The van der Waals surface area contributed by atoms with Crippen LogP contribution in [0.25, 0.3) is 0 Å². The van der Waals surface area contributed by atoms with Crippen LogP contribution in [0.1, 0.15) is 23.1 Å². The fraction of sp³-hybridized carbons (Fsp3) is 0.294. The monoisotopic (exact) mass is 257 g/mol. The van der Waals surface area contributed by atoms with E-state index in [4.69, 9.17) is 5.73 Å². The molecule has 0 amide bonds. The van der Waals surface area contributed by atoms with Crippen molar-refractivity contribution in [2.45, 2.75) is 32.2 Å². The van der Waals surface area contributed by atoms with E-state index in [1.807, 2.05) is 6.07 Å². The predicted molar refractivity (Wildman–Crippen MR) is 77.6 cm³/mol. The molecule has 100 valence electrons. The fourth-order valence-electron chi connectivity index (χ4n) is 2.18. The Labute approximate surface area is 114 Å². The SMILES string of the molecule is Cc1ccc(CCC(N)Cc2cccc(F)c2)cc1. The smallest absolute Gasteiger partial charge is 0.123 e. The highest BCUT2D eigenvalue weighted by Gasteiger charge is 2.05. The number of halogens is 1. The first-order chi connectivity index (χ1) is 9.13. The number of hydrogen-bond acceptors (Lipinski definition) is 1. The average molecular weight is 257 g/mol. The van der Waals surface area contributed by atoms with E-state index in [2.05, 4.69) is 31.2 Å². The molecule has 1 atom stereocenters. The van der Waals surface area contributed by atoms with Gasteiger partial charge in [-0.2, -0.15) is 0 Å². The van der Waals surface area contributed by atoms with Crippen molar-refractivity contribution >= 4 is 0 Å². The van der Waals surface area contributed by atoms with Crippen LogP contribution in [-0.4, -0.2) is 6.04 Å². The minimum Gasteiger partial charge on any atom is -0.327 e. The molecule has 0 aromatic heterocycles. The van der Waals surface area contributed by atoms with Gasteiger partial charge in [-0.15, -0.1) is 0 Å². The van der Waals surface area contributed by atoms with Gasteiger partial charge in [0.1, 0.15) is 5.82 Å². The Hall–Kier alpha value is -1.67. The third-order valence-corrected chi connectivity index (χ3v) is 3.31. The van der Waals surface area contributed by atoms with E-state index in [-0.39, 0.29) is 11.9 Å². The van der Waals surface area contributed by atoms with Crippen molar-refractivity contribution in [2.24, 2.45) is 5.73 Å². The number of aryl methyl sites for hydroxylation is 2. The van der Waals surface area contributed by atoms with Crippen molar-refractivity contribution in [3.05, 3.63) is 71.0 Å². The van der Waals surface area contributed by atoms with E-state index < -0.39 is 0 Å². The van der Waals surface area contributed by atoms with Gasteiger partial charge in [0.05, 0.1) is 0 Å². The van der Waals surface area contributed by atoms with Crippen molar-refractivity contribution in [1.29, 1.82) is 0 Å². The van der Waals surface area contributed by atoms with E-state index in [1.54, 1.807) is 12.1 Å². The maximum absolute atomic E-state index is 13.1. The largest absolute Gasteiger partial charge is 0.327 e. The zero-order chi connectivity index (χ0) is 13.7. The molecular formula is C17H20FN. The second-order valence-electron chi connectivity index (χ2n) is 5.12. The molecule has 2 rings (SSSR count). The lowest BCUT2D eigenvalue weighted by molar-refractivity contribution is 0.599. The first-order valence-corrected chi connectivity index (χ1v) is 6.69. The minimum atomic E-state index is -0.191. The Morgan fingerprint density at radius 1 is 1.05 bits per heavy atom. The highest BCUT2D eigenvalue weighted by Crippen LogP contribution is 2.11. The van der Waals surface area contributed by atoms with Gasteiger partial charge >= 0.3 is 0 Å². The maximum atomic E-state index is 13.1. The molecule has 0 aliphatic rings. The van der Waals surface area contributed by atoms with E-state index in [0.717, 1.165) is 24.8 Å². The second kappa shape index (κ2) is 6.48. The van der Waals surface area contributed by atoms with Gasteiger partial charge in [0, 0.05) is 6.04 Å². The summed E-state index contributed by atoms with van der Waals surface area (Å²) >= 11 is 0. The third kappa shape index (κ3) is 4.49. The predicted octanol–water partition coefficient (Wildman–Crippen LogP) is 3.64. The fourth-order valence-corrected chi connectivity index (χ4v) is 2.18. The van der Waals surface area contributed by atoms with E-state index >= 15 is 0 Å². The molecule has 2 N–H and O–H groups in total. The maximum Gasteiger partial charge on any atom is 0.123 e. The van der Waals surface area contributed by atoms with Crippen LogP contribution in [0.2, 0.25) is 0 Å². The molecular weight excluding hydrogens is 237 g/mol. The van der Waals surface area contributed by atoms with E-state index in [9.17, 15) is 4.39 Å². The van der Waals surface area contributed by atoms with Crippen molar-refractivity contribution in [3.8, 4) is 0 Å². The third-order valence-electron chi connectivity index (χ3n) is 3.31. The first kappa shape index (κ1) is 13.8. The number of hydrogen-bond donors (Lipinski definition) is 1. The van der Waals surface area contributed by atoms with Crippen LogP contribution in [0.3, 0.4) is 0 Å². The Morgan fingerprint density at radius 3 is 2.47 bits per heavy atom. The number of benzene rings is 2.